The number of carbonyl (C=O) groups excluding carboxylic acids is 2. The van der Waals surface area contributed by atoms with Gasteiger partial charge >= 0.3 is 5.97 Å². The van der Waals surface area contributed by atoms with Gasteiger partial charge in [-0.1, -0.05) is 46.6 Å². The van der Waals surface area contributed by atoms with Crippen molar-refractivity contribution < 1.29 is 28.2 Å². The van der Waals surface area contributed by atoms with Crippen molar-refractivity contribution in [2.24, 2.45) is 11.8 Å². The lowest BCUT2D eigenvalue weighted by molar-refractivity contribution is -0.163. The topological polar surface area (TPSA) is 71.1 Å². The van der Waals surface area contributed by atoms with E-state index >= 15 is 0 Å². The number of allylic oxidation sites excluding steroid dienone is 1. The maximum atomic E-state index is 12.5. The molecular formula is C27H50O6Si. The molecule has 0 bridgehead atoms. The first-order valence-electron chi connectivity index (χ1n) is 13.1. The highest BCUT2D eigenvalue weighted by atomic mass is 28.4. The molecular weight excluding hydrogens is 448 g/mol. The second kappa shape index (κ2) is 14.5. The highest BCUT2D eigenvalue weighted by molar-refractivity contribution is 6.74. The summed E-state index contributed by atoms with van der Waals surface area (Å²) in [6.45, 7) is 19.6. The van der Waals surface area contributed by atoms with Crippen molar-refractivity contribution in [3.63, 3.8) is 0 Å². The summed E-state index contributed by atoms with van der Waals surface area (Å²) in [6.07, 6.45) is 8.29. The number of hydrogen-bond donors (Lipinski definition) is 0. The van der Waals surface area contributed by atoms with Gasteiger partial charge in [-0.2, -0.15) is 0 Å². The van der Waals surface area contributed by atoms with Crippen molar-refractivity contribution in [2.75, 3.05) is 13.2 Å². The van der Waals surface area contributed by atoms with Crippen LogP contribution < -0.4 is 0 Å². The van der Waals surface area contributed by atoms with Crippen LogP contribution in [0.25, 0.3) is 0 Å². The lowest BCUT2D eigenvalue weighted by atomic mass is 9.90. The average molecular weight is 499 g/mol. The molecule has 0 aromatic heterocycles. The Morgan fingerprint density at radius 2 is 1.79 bits per heavy atom. The van der Waals surface area contributed by atoms with Gasteiger partial charge in [0.1, 0.15) is 0 Å². The van der Waals surface area contributed by atoms with Crippen LogP contribution >= 0.6 is 0 Å². The van der Waals surface area contributed by atoms with E-state index in [9.17, 15) is 9.59 Å². The minimum absolute atomic E-state index is 0.0108. The van der Waals surface area contributed by atoms with Gasteiger partial charge in [-0.3, -0.25) is 9.59 Å². The summed E-state index contributed by atoms with van der Waals surface area (Å²) in [7, 11) is -2.04. The van der Waals surface area contributed by atoms with Crippen molar-refractivity contribution in [2.45, 2.75) is 124 Å². The van der Waals surface area contributed by atoms with Gasteiger partial charge in [0.05, 0.1) is 18.8 Å². The lowest BCUT2D eigenvalue weighted by Crippen LogP contribution is -2.45. The number of ketones is 1. The number of esters is 1. The zero-order valence-electron chi connectivity index (χ0n) is 23.1. The predicted molar refractivity (Wildman–Crippen MR) is 139 cm³/mol. The van der Waals surface area contributed by atoms with Gasteiger partial charge < -0.3 is 18.6 Å². The fraction of sp³-hybridized carbons (Fsp3) is 0.852. The van der Waals surface area contributed by atoms with Gasteiger partial charge in [-0.25, -0.2) is 0 Å². The van der Waals surface area contributed by atoms with Crippen LogP contribution in [0.4, 0.5) is 0 Å². The Labute approximate surface area is 209 Å². The number of carbonyl (C=O) groups is 2. The molecule has 0 heterocycles. The third-order valence-electron chi connectivity index (χ3n) is 7.17. The third kappa shape index (κ3) is 10.3. The Morgan fingerprint density at radius 1 is 1.12 bits per heavy atom. The van der Waals surface area contributed by atoms with Crippen LogP contribution in [0.2, 0.25) is 18.1 Å². The monoisotopic (exact) mass is 498 g/mol. The molecule has 34 heavy (non-hydrogen) atoms. The molecule has 1 aliphatic rings. The standard InChI is InChI=1S/C27H50O6Si/c1-10-12-13-14-22(29)15-16-23-24(17-18-31-20(3)28)26(33-34(8,9)27(5,6)7)19-25(23)32-21(4)30-11-2/h15-16,21,23-26H,10-14,17-19H2,1-9H3/b16-15+/t21?,23-,24+,25-,26+/m1/s1. The van der Waals surface area contributed by atoms with Crippen LogP contribution in [0.3, 0.4) is 0 Å². The molecule has 6 nitrogen and oxygen atoms in total. The van der Waals surface area contributed by atoms with Gasteiger partial charge in [-0.15, -0.1) is 0 Å². The maximum Gasteiger partial charge on any atom is 0.302 e. The van der Waals surface area contributed by atoms with E-state index in [4.69, 9.17) is 18.6 Å². The van der Waals surface area contributed by atoms with Gasteiger partial charge in [0, 0.05) is 25.9 Å². The normalized spacial score (nSPS) is 24.5. The Bertz CT molecular complexity index is 654. The Morgan fingerprint density at radius 3 is 2.35 bits per heavy atom. The second-order valence-corrected chi connectivity index (χ2v) is 15.8. The molecule has 0 aromatic rings. The molecule has 1 fully saturated rings. The van der Waals surface area contributed by atoms with E-state index in [1.54, 1.807) is 6.08 Å². The Hall–Kier alpha value is -1.02. The SMILES string of the molecule is CCCCCC(=O)/C=C/[C@@H]1[C@H](CCOC(C)=O)[C@@H](O[Si](C)(C)C(C)(C)C)C[C@H]1OC(C)OCC. The summed E-state index contributed by atoms with van der Waals surface area (Å²) in [6, 6.07) is 0. The summed E-state index contributed by atoms with van der Waals surface area (Å²) in [4.78, 5) is 23.9. The molecule has 0 N–H and O–H groups in total. The molecule has 0 saturated heterocycles. The van der Waals surface area contributed by atoms with Crippen LogP contribution in [0.1, 0.15) is 87.0 Å². The summed E-state index contributed by atoms with van der Waals surface area (Å²) in [5, 5.41) is 0.0750. The molecule has 198 valence electrons. The maximum absolute atomic E-state index is 12.5. The van der Waals surface area contributed by atoms with Crippen molar-refractivity contribution in [1.82, 2.24) is 0 Å². The van der Waals surface area contributed by atoms with Gasteiger partial charge in [-0.05, 0) is 63.2 Å². The number of unbranched alkanes of at least 4 members (excludes halogenated alkanes) is 2. The third-order valence-corrected chi connectivity index (χ3v) is 11.7. The second-order valence-electron chi connectivity index (χ2n) is 11.0. The molecule has 1 unspecified atom stereocenters. The average Bonchev–Trinajstić information content (AvgIpc) is 3.00. The summed E-state index contributed by atoms with van der Waals surface area (Å²) >= 11 is 0. The van der Waals surface area contributed by atoms with Crippen molar-refractivity contribution in [3.05, 3.63) is 12.2 Å². The van der Waals surface area contributed by atoms with E-state index in [2.05, 4.69) is 40.8 Å². The van der Waals surface area contributed by atoms with Crippen LogP contribution in [0.15, 0.2) is 12.2 Å². The van der Waals surface area contributed by atoms with Crippen LogP contribution in [0.5, 0.6) is 0 Å². The first-order chi connectivity index (χ1) is 15.8. The Balaban J connectivity index is 3.18. The fourth-order valence-corrected chi connectivity index (χ4v) is 5.66. The van der Waals surface area contributed by atoms with E-state index in [0.29, 0.717) is 26.1 Å². The van der Waals surface area contributed by atoms with E-state index in [1.807, 2.05) is 19.9 Å². The predicted octanol–water partition coefficient (Wildman–Crippen LogP) is 6.44. The van der Waals surface area contributed by atoms with E-state index in [-0.39, 0.29) is 47.1 Å². The number of hydrogen-bond acceptors (Lipinski definition) is 6. The largest absolute Gasteiger partial charge is 0.466 e. The van der Waals surface area contributed by atoms with Crippen molar-refractivity contribution in [3.8, 4) is 0 Å². The van der Waals surface area contributed by atoms with Crippen molar-refractivity contribution >= 4 is 20.1 Å². The molecule has 1 rings (SSSR count). The van der Waals surface area contributed by atoms with Gasteiger partial charge in [0.2, 0.25) is 0 Å². The highest BCUT2D eigenvalue weighted by Gasteiger charge is 2.48. The molecule has 7 heteroatoms. The first kappa shape index (κ1) is 31.0. The van der Waals surface area contributed by atoms with Crippen LogP contribution in [-0.2, 0) is 28.2 Å². The zero-order valence-corrected chi connectivity index (χ0v) is 24.1. The van der Waals surface area contributed by atoms with Crippen LogP contribution in [0, 0.1) is 11.8 Å². The fourth-order valence-electron chi connectivity index (χ4n) is 4.28. The number of ether oxygens (including phenoxy) is 3. The minimum Gasteiger partial charge on any atom is -0.466 e. The molecule has 5 atom stereocenters. The van der Waals surface area contributed by atoms with Gasteiger partial charge in [0.15, 0.2) is 20.4 Å². The molecule has 1 saturated carbocycles. The zero-order chi connectivity index (χ0) is 25.9. The van der Waals surface area contributed by atoms with Gasteiger partial charge in [0.25, 0.3) is 0 Å². The minimum atomic E-state index is -2.04. The quantitative estimate of drug-likeness (QED) is 0.0850. The molecule has 0 aromatic carbocycles. The molecule has 0 radical (unpaired) electrons. The molecule has 0 spiro atoms. The smallest absolute Gasteiger partial charge is 0.302 e. The van der Waals surface area contributed by atoms with E-state index in [0.717, 1.165) is 25.7 Å². The van der Waals surface area contributed by atoms with E-state index in [1.165, 1.54) is 6.92 Å². The first-order valence-corrected chi connectivity index (χ1v) is 16.0. The van der Waals surface area contributed by atoms with Crippen molar-refractivity contribution in [1.29, 1.82) is 0 Å². The Kier molecular flexibility index (Phi) is 13.2. The summed E-state index contributed by atoms with van der Waals surface area (Å²) in [5.41, 5.74) is 0. The molecule has 1 aliphatic carbocycles. The highest BCUT2D eigenvalue weighted by Crippen LogP contribution is 2.45. The van der Waals surface area contributed by atoms with E-state index < -0.39 is 8.32 Å². The molecule has 0 aliphatic heterocycles. The summed E-state index contributed by atoms with van der Waals surface area (Å²) < 4.78 is 24.2. The lowest BCUT2D eigenvalue weighted by Gasteiger charge is -2.40. The summed E-state index contributed by atoms with van der Waals surface area (Å²) in [5.74, 6) is -0.0521. The molecule has 0 amide bonds. The number of rotatable bonds is 15. The van der Waals surface area contributed by atoms with Crippen LogP contribution in [-0.4, -0.2) is 51.8 Å².